The Morgan fingerprint density at radius 1 is 1.00 bits per heavy atom. The Labute approximate surface area is 209 Å². The van der Waals surface area contributed by atoms with E-state index in [1.165, 1.54) is 44.8 Å². The Kier molecular flexibility index (Phi) is 5.37. The number of benzene rings is 2. The van der Waals surface area contributed by atoms with Crippen molar-refractivity contribution in [3.63, 3.8) is 0 Å². The number of anilines is 4. The zero-order valence-electron chi connectivity index (χ0n) is 19.6. The zero-order valence-corrected chi connectivity index (χ0v) is 20.3. The molecule has 1 heterocycles. The van der Waals surface area contributed by atoms with Crippen LogP contribution < -0.4 is 15.4 Å². The lowest BCUT2D eigenvalue weighted by Gasteiger charge is -2.34. The topological polar surface area (TPSA) is 83.5 Å². The number of pyridine rings is 1. The van der Waals surface area contributed by atoms with Gasteiger partial charge in [-0.2, -0.15) is 0 Å². The van der Waals surface area contributed by atoms with Crippen LogP contribution in [-0.4, -0.2) is 23.2 Å². The summed E-state index contributed by atoms with van der Waals surface area (Å²) in [4.78, 5) is 15.5. The predicted octanol–water partition coefficient (Wildman–Crippen LogP) is 7.01. The molecule has 4 bridgehead atoms. The fourth-order valence-electron chi connectivity index (χ4n) is 6.97. The Morgan fingerprint density at radius 2 is 1.69 bits per heavy atom. The average molecular weight is 490 g/mol. The van der Waals surface area contributed by atoms with Crippen LogP contribution in [0, 0.1) is 17.8 Å². The summed E-state index contributed by atoms with van der Waals surface area (Å²) in [6.07, 6.45) is 6.91. The molecule has 4 aliphatic rings. The molecule has 4 saturated carbocycles. The first kappa shape index (κ1) is 22.2. The van der Waals surface area contributed by atoms with Gasteiger partial charge in [0.2, 0.25) is 0 Å². The van der Waals surface area contributed by atoms with Crippen LogP contribution in [0.3, 0.4) is 0 Å². The van der Waals surface area contributed by atoms with Crippen molar-refractivity contribution in [2.45, 2.75) is 37.5 Å². The summed E-state index contributed by atoms with van der Waals surface area (Å²) in [5, 5.41) is 16.7. The molecular formula is C28H28ClN3O3. The molecule has 7 rings (SSSR count). The molecule has 0 radical (unpaired) electrons. The molecule has 35 heavy (non-hydrogen) atoms. The van der Waals surface area contributed by atoms with Crippen LogP contribution in [0.15, 0.2) is 54.6 Å². The largest absolute Gasteiger partial charge is 0.494 e. The molecule has 4 fully saturated rings. The third-order valence-electron chi connectivity index (χ3n) is 8.25. The Hall–Kier alpha value is -3.25. The molecule has 3 N–H and O–H groups in total. The third-order valence-corrected chi connectivity index (χ3v) is 8.56. The minimum absolute atomic E-state index is 0.132. The second-order valence-electron chi connectivity index (χ2n) is 10.3. The Morgan fingerprint density at radius 3 is 2.31 bits per heavy atom. The van der Waals surface area contributed by atoms with E-state index in [1.54, 1.807) is 12.1 Å². The molecule has 3 aromatic rings. The number of aromatic carboxylic acids is 1. The number of methoxy groups -OCH3 is 1. The number of ether oxygens (including phenoxy) is 1. The van der Waals surface area contributed by atoms with Gasteiger partial charge in [0.1, 0.15) is 5.82 Å². The minimum Gasteiger partial charge on any atom is -0.494 e. The minimum atomic E-state index is -1.14. The van der Waals surface area contributed by atoms with Crippen molar-refractivity contribution < 1.29 is 14.6 Å². The summed E-state index contributed by atoms with van der Waals surface area (Å²) in [5.74, 6) is 2.18. The van der Waals surface area contributed by atoms with Crippen LogP contribution in [0.5, 0.6) is 5.75 Å². The number of hydrogen-bond acceptors (Lipinski definition) is 5. The third kappa shape index (κ3) is 3.90. The highest BCUT2D eigenvalue weighted by molar-refractivity contribution is 6.33. The number of nitrogens with zero attached hydrogens (tertiary/aromatic N) is 1. The molecule has 6 nitrogen and oxygen atoms in total. The lowest BCUT2D eigenvalue weighted by Crippen LogP contribution is -2.27. The van der Waals surface area contributed by atoms with Crippen LogP contribution >= 0.6 is 11.6 Å². The summed E-state index contributed by atoms with van der Waals surface area (Å²) < 4.78 is 5.07. The van der Waals surface area contributed by atoms with Gasteiger partial charge in [-0.15, -0.1) is 0 Å². The number of hydrogen-bond donors (Lipinski definition) is 3. The van der Waals surface area contributed by atoms with Crippen LogP contribution in [-0.2, 0) is 5.41 Å². The van der Waals surface area contributed by atoms with Gasteiger partial charge < -0.3 is 20.5 Å². The molecule has 0 amide bonds. The second kappa shape index (κ2) is 8.45. The molecule has 2 unspecified atom stereocenters. The Bertz CT molecular complexity index is 1280. The van der Waals surface area contributed by atoms with Crippen LogP contribution in [0.4, 0.5) is 22.9 Å². The number of nitrogens with one attached hydrogen (secondary N) is 2. The van der Waals surface area contributed by atoms with E-state index in [0.29, 0.717) is 11.2 Å². The first-order valence-corrected chi connectivity index (χ1v) is 12.5. The van der Waals surface area contributed by atoms with Gasteiger partial charge in [-0.05, 0) is 109 Å². The van der Waals surface area contributed by atoms with Gasteiger partial charge in [0.15, 0.2) is 11.4 Å². The molecule has 0 aliphatic heterocycles. The number of carboxylic acids is 1. The van der Waals surface area contributed by atoms with Gasteiger partial charge in [-0.25, -0.2) is 9.78 Å². The maximum Gasteiger partial charge on any atom is 0.358 e. The highest BCUT2D eigenvalue weighted by Gasteiger charge is 2.58. The lowest BCUT2D eigenvalue weighted by molar-refractivity contribution is 0.0686. The second-order valence-corrected chi connectivity index (χ2v) is 10.7. The zero-order chi connectivity index (χ0) is 24.2. The maximum atomic E-state index is 11.4. The number of carboxylic acid groups (broad SMARTS) is 1. The number of rotatable bonds is 7. The van der Waals surface area contributed by atoms with E-state index in [1.807, 2.05) is 24.3 Å². The molecule has 2 atom stereocenters. The number of aromatic nitrogens is 1. The summed E-state index contributed by atoms with van der Waals surface area (Å²) in [6, 6.07) is 17.6. The summed E-state index contributed by atoms with van der Waals surface area (Å²) in [5.41, 5.74) is 4.25. The van der Waals surface area contributed by atoms with Gasteiger partial charge >= 0.3 is 5.97 Å². The normalized spacial score (nSPS) is 26.1. The molecule has 0 spiro atoms. The SMILES string of the molecule is COc1ccc(Nc2ccc(Nc3ccc(C45CC6CC(CC4C6)C5)cc3Cl)cc2)nc1C(=O)O. The molecule has 2 aromatic carbocycles. The number of halogens is 1. The van der Waals surface area contributed by atoms with Crippen LogP contribution in [0.1, 0.15) is 48.2 Å². The first-order chi connectivity index (χ1) is 16.9. The predicted molar refractivity (Wildman–Crippen MR) is 137 cm³/mol. The highest BCUT2D eigenvalue weighted by atomic mass is 35.5. The monoisotopic (exact) mass is 489 g/mol. The van der Waals surface area contributed by atoms with Crippen LogP contribution in [0.2, 0.25) is 5.02 Å². The van der Waals surface area contributed by atoms with Gasteiger partial charge in [0, 0.05) is 11.4 Å². The van der Waals surface area contributed by atoms with E-state index >= 15 is 0 Å². The van der Waals surface area contributed by atoms with Crippen molar-refractivity contribution in [1.82, 2.24) is 4.98 Å². The molecule has 1 aromatic heterocycles. The molecule has 0 saturated heterocycles. The van der Waals surface area contributed by atoms with E-state index in [-0.39, 0.29) is 11.4 Å². The summed E-state index contributed by atoms with van der Waals surface area (Å²) in [6.45, 7) is 0. The van der Waals surface area contributed by atoms with Crippen molar-refractivity contribution >= 4 is 40.5 Å². The van der Waals surface area contributed by atoms with E-state index in [0.717, 1.165) is 39.8 Å². The van der Waals surface area contributed by atoms with Crippen molar-refractivity contribution in [3.05, 3.63) is 70.9 Å². The molecular weight excluding hydrogens is 462 g/mol. The molecule has 4 aliphatic carbocycles. The van der Waals surface area contributed by atoms with E-state index < -0.39 is 5.97 Å². The van der Waals surface area contributed by atoms with Crippen molar-refractivity contribution in [2.75, 3.05) is 17.7 Å². The van der Waals surface area contributed by atoms with E-state index in [2.05, 4.69) is 33.8 Å². The smallest absolute Gasteiger partial charge is 0.358 e. The Balaban J connectivity index is 1.15. The standard InChI is InChI=1S/C28H28ClN3O3/c1-35-24-8-9-25(32-26(24)27(33)34)31-21-5-3-20(4-6-21)30-23-7-2-18(13-22(23)29)28-14-16-10-17(15-28)12-19(28)11-16/h2-9,13,16-17,19,30H,10-12,14-15H2,1H3,(H,31,32)(H,33,34). The molecule has 7 heteroatoms. The molecule has 180 valence electrons. The van der Waals surface area contributed by atoms with Crippen molar-refractivity contribution in [3.8, 4) is 5.75 Å². The van der Waals surface area contributed by atoms with Gasteiger partial charge in [0.25, 0.3) is 0 Å². The number of carbonyl (C=O) groups is 1. The lowest BCUT2D eigenvalue weighted by atomic mass is 9.71. The fraction of sp³-hybridized carbons (Fsp3) is 0.357. The van der Waals surface area contributed by atoms with E-state index in [4.69, 9.17) is 16.3 Å². The fourth-order valence-corrected chi connectivity index (χ4v) is 7.20. The summed E-state index contributed by atoms with van der Waals surface area (Å²) in [7, 11) is 1.42. The average Bonchev–Trinajstić information content (AvgIpc) is 3.25. The van der Waals surface area contributed by atoms with Gasteiger partial charge in [-0.3, -0.25) is 0 Å². The van der Waals surface area contributed by atoms with Gasteiger partial charge in [-0.1, -0.05) is 17.7 Å². The first-order valence-electron chi connectivity index (χ1n) is 12.2. The van der Waals surface area contributed by atoms with Crippen molar-refractivity contribution in [2.24, 2.45) is 17.8 Å². The maximum absolute atomic E-state index is 11.4. The van der Waals surface area contributed by atoms with Gasteiger partial charge in [0.05, 0.1) is 17.8 Å². The van der Waals surface area contributed by atoms with Crippen LogP contribution in [0.25, 0.3) is 0 Å². The van der Waals surface area contributed by atoms with Crippen molar-refractivity contribution in [1.29, 1.82) is 0 Å². The van der Waals surface area contributed by atoms with E-state index in [9.17, 15) is 9.90 Å². The summed E-state index contributed by atoms with van der Waals surface area (Å²) >= 11 is 6.75. The highest BCUT2D eigenvalue weighted by Crippen LogP contribution is 2.66. The quantitative estimate of drug-likeness (QED) is 0.331.